The van der Waals surface area contributed by atoms with Crippen LogP contribution in [0.25, 0.3) is 0 Å². The molecule has 0 radical (unpaired) electrons. The maximum absolute atomic E-state index is 12.8. The van der Waals surface area contributed by atoms with E-state index >= 15 is 0 Å². The molecule has 3 aromatic rings. The minimum atomic E-state index is -2.76. The molecule has 0 saturated heterocycles. The summed E-state index contributed by atoms with van der Waals surface area (Å²) in [7, 11) is -1.54. The van der Waals surface area contributed by atoms with Gasteiger partial charge in [-0.3, -0.25) is 4.79 Å². The number of carbonyl (C=O) groups is 2. The monoisotopic (exact) mass is 531 g/mol. The predicted octanol–water partition coefficient (Wildman–Crippen LogP) is 3.84. The van der Waals surface area contributed by atoms with Gasteiger partial charge in [0.15, 0.2) is 5.54 Å². The van der Waals surface area contributed by atoms with Gasteiger partial charge >= 0.3 is 5.97 Å². The van der Waals surface area contributed by atoms with Gasteiger partial charge < -0.3 is 19.6 Å². The largest absolute Gasteiger partial charge is 0.467 e. The van der Waals surface area contributed by atoms with E-state index in [9.17, 15) is 14.7 Å². The number of methoxy groups -OCH3 is 1. The Balaban J connectivity index is 1.88. The summed E-state index contributed by atoms with van der Waals surface area (Å²) in [6, 6.07) is 29.0. The molecule has 1 amide bonds. The summed E-state index contributed by atoms with van der Waals surface area (Å²) >= 11 is 0. The molecule has 0 aliphatic rings. The third-order valence-electron chi connectivity index (χ3n) is 6.74. The average Bonchev–Trinajstić information content (AvgIpc) is 2.93. The molecular formula is C31H37NO5Si. The lowest BCUT2D eigenvalue weighted by Crippen LogP contribution is -2.66. The number of amides is 1. The predicted molar refractivity (Wildman–Crippen MR) is 153 cm³/mol. The fourth-order valence-electron chi connectivity index (χ4n) is 4.67. The number of hydrogen-bond acceptors (Lipinski definition) is 5. The minimum absolute atomic E-state index is 0.202. The molecule has 6 nitrogen and oxygen atoms in total. The Bertz CT molecular complexity index is 1190. The normalized spacial score (nSPS) is 14.5. The van der Waals surface area contributed by atoms with Crippen LogP contribution in [0.3, 0.4) is 0 Å². The summed E-state index contributed by atoms with van der Waals surface area (Å²) in [4.78, 5) is 25.5. The van der Waals surface area contributed by atoms with E-state index in [0.29, 0.717) is 5.56 Å². The molecule has 0 aliphatic heterocycles. The molecule has 0 aromatic heterocycles. The molecule has 2 N–H and O–H groups in total. The molecule has 0 saturated carbocycles. The molecule has 0 aliphatic carbocycles. The van der Waals surface area contributed by atoms with Gasteiger partial charge in [-0.05, 0) is 34.5 Å². The van der Waals surface area contributed by atoms with E-state index in [1.807, 2.05) is 36.4 Å². The lowest BCUT2D eigenvalue weighted by molar-refractivity contribution is -0.151. The first-order chi connectivity index (χ1) is 18.1. The SMILES string of the molecule is COC(=O)[C@@](C)(NC(=O)c1ccccc1)[C@H](O)/C=C/CO[Si](c1ccccc1)(c1ccccc1)C(C)(C)C. The van der Waals surface area contributed by atoms with Crippen LogP contribution in [-0.2, 0) is 14.0 Å². The Morgan fingerprint density at radius 3 is 1.79 bits per heavy atom. The van der Waals surface area contributed by atoms with Gasteiger partial charge in [-0.15, -0.1) is 0 Å². The van der Waals surface area contributed by atoms with Crippen molar-refractivity contribution in [3.05, 3.63) is 109 Å². The Morgan fingerprint density at radius 1 is 0.868 bits per heavy atom. The quantitative estimate of drug-likeness (QED) is 0.236. The fourth-order valence-corrected chi connectivity index (χ4v) is 9.17. The van der Waals surface area contributed by atoms with Crippen molar-refractivity contribution in [1.82, 2.24) is 5.32 Å². The van der Waals surface area contributed by atoms with Gasteiger partial charge in [-0.25, -0.2) is 4.79 Å². The Kier molecular flexibility index (Phi) is 9.44. The van der Waals surface area contributed by atoms with Crippen LogP contribution in [0.15, 0.2) is 103 Å². The second-order valence-electron chi connectivity index (χ2n) is 10.4. The van der Waals surface area contributed by atoms with Crippen LogP contribution in [0.4, 0.5) is 0 Å². The van der Waals surface area contributed by atoms with Gasteiger partial charge in [0, 0.05) is 5.56 Å². The molecule has 0 spiro atoms. The van der Waals surface area contributed by atoms with E-state index in [-0.39, 0.29) is 11.6 Å². The molecular weight excluding hydrogens is 494 g/mol. The topological polar surface area (TPSA) is 84.9 Å². The Hall–Kier alpha value is -3.52. The van der Waals surface area contributed by atoms with E-state index in [1.165, 1.54) is 20.1 Å². The Labute approximate surface area is 226 Å². The first-order valence-electron chi connectivity index (χ1n) is 12.6. The average molecular weight is 532 g/mol. The fraction of sp³-hybridized carbons (Fsp3) is 0.290. The molecule has 3 rings (SSSR count). The molecule has 38 heavy (non-hydrogen) atoms. The summed E-state index contributed by atoms with van der Waals surface area (Å²) in [6.07, 6.45) is 1.81. The second-order valence-corrected chi connectivity index (χ2v) is 14.7. The lowest BCUT2D eigenvalue weighted by atomic mass is 9.93. The van der Waals surface area contributed by atoms with Crippen molar-refractivity contribution in [2.24, 2.45) is 0 Å². The number of nitrogens with one attached hydrogen (secondary N) is 1. The molecule has 0 fully saturated rings. The molecule has 2 atom stereocenters. The van der Waals surface area contributed by atoms with Gasteiger partial charge in [0.05, 0.1) is 13.7 Å². The van der Waals surface area contributed by atoms with Crippen molar-refractivity contribution >= 4 is 30.6 Å². The second kappa shape index (κ2) is 12.3. The van der Waals surface area contributed by atoms with Crippen LogP contribution < -0.4 is 15.7 Å². The molecule has 3 aromatic carbocycles. The van der Waals surface area contributed by atoms with Crippen molar-refractivity contribution < 1.29 is 23.9 Å². The lowest BCUT2D eigenvalue weighted by Gasteiger charge is -2.42. The van der Waals surface area contributed by atoms with Crippen LogP contribution in [0.1, 0.15) is 38.1 Å². The highest BCUT2D eigenvalue weighted by atomic mass is 28.4. The number of hydrogen-bond donors (Lipinski definition) is 2. The van der Waals surface area contributed by atoms with E-state index < -0.39 is 31.8 Å². The Morgan fingerprint density at radius 2 is 1.34 bits per heavy atom. The number of esters is 1. The van der Waals surface area contributed by atoms with Crippen molar-refractivity contribution in [2.75, 3.05) is 13.7 Å². The van der Waals surface area contributed by atoms with Gasteiger partial charge in [0.25, 0.3) is 14.2 Å². The zero-order chi connectivity index (χ0) is 27.8. The summed E-state index contributed by atoms with van der Waals surface area (Å²) in [5.74, 6) is -1.25. The van der Waals surface area contributed by atoms with E-state index in [4.69, 9.17) is 9.16 Å². The van der Waals surface area contributed by atoms with Gasteiger partial charge in [0.2, 0.25) is 0 Å². The van der Waals surface area contributed by atoms with Crippen LogP contribution in [0.5, 0.6) is 0 Å². The first-order valence-corrected chi connectivity index (χ1v) is 14.5. The van der Waals surface area contributed by atoms with Crippen LogP contribution in [-0.4, -0.2) is 50.7 Å². The highest BCUT2D eigenvalue weighted by Crippen LogP contribution is 2.36. The summed E-state index contributed by atoms with van der Waals surface area (Å²) in [5.41, 5.74) is -1.33. The third kappa shape index (κ3) is 6.13. The van der Waals surface area contributed by atoms with Crippen molar-refractivity contribution in [2.45, 2.75) is 44.4 Å². The maximum Gasteiger partial charge on any atom is 0.334 e. The summed E-state index contributed by atoms with van der Waals surface area (Å²) in [6.45, 7) is 8.20. The smallest absolute Gasteiger partial charge is 0.334 e. The molecule has 0 unspecified atom stereocenters. The van der Waals surface area contributed by atoms with Crippen molar-refractivity contribution in [3.8, 4) is 0 Å². The number of ether oxygens (including phenoxy) is 1. The minimum Gasteiger partial charge on any atom is -0.467 e. The zero-order valence-corrected chi connectivity index (χ0v) is 23.7. The number of aliphatic hydroxyl groups excluding tert-OH is 1. The number of benzene rings is 3. The molecule has 7 heteroatoms. The molecule has 0 heterocycles. The van der Waals surface area contributed by atoms with E-state index in [0.717, 1.165) is 10.4 Å². The van der Waals surface area contributed by atoms with Crippen molar-refractivity contribution in [3.63, 3.8) is 0 Å². The number of rotatable bonds is 10. The van der Waals surface area contributed by atoms with E-state index in [1.54, 1.807) is 36.4 Å². The third-order valence-corrected chi connectivity index (χ3v) is 11.7. The van der Waals surface area contributed by atoms with Crippen LogP contribution in [0.2, 0.25) is 5.04 Å². The van der Waals surface area contributed by atoms with E-state index in [2.05, 4.69) is 50.4 Å². The van der Waals surface area contributed by atoms with Gasteiger partial charge in [-0.2, -0.15) is 0 Å². The van der Waals surface area contributed by atoms with Crippen LogP contribution in [0, 0.1) is 0 Å². The summed E-state index contributed by atoms with van der Waals surface area (Å²) in [5, 5.41) is 15.8. The highest BCUT2D eigenvalue weighted by Gasteiger charge is 2.50. The van der Waals surface area contributed by atoms with Gasteiger partial charge in [0.1, 0.15) is 6.10 Å². The maximum atomic E-state index is 12.8. The summed E-state index contributed by atoms with van der Waals surface area (Å²) < 4.78 is 11.7. The number of carbonyl (C=O) groups excluding carboxylic acids is 2. The van der Waals surface area contributed by atoms with Crippen LogP contribution >= 0.6 is 0 Å². The zero-order valence-electron chi connectivity index (χ0n) is 22.7. The standard InChI is InChI=1S/C31H37NO5Si/c1-30(2,3)38(25-18-11-7-12-19-25,26-20-13-8-14-21-26)37-23-15-22-27(33)31(4,29(35)36-5)32-28(34)24-16-9-6-10-17-24/h6-22,27,33H,23H2,1-5H3,(H,32,34)/b22-15+/t27-,31+/m1/s1. The molecule has 200 valence electrons. The van der Waals surface area contributed by atoms with Crippen molar-refractivity contribution in [1.29, 1.82) is 0 Å². The number of aliphatic hydroxyl groups is 1. The molecule has 0 bridgehead atoms. The van der Waals surface area contributed by atoms with Gasteiger partial charge in [-0.1, -0.05) is 112 Å². The highest BCUT2D eigenvalue weighted by molar-refractivity contribution is 6.99. The first kappa shape index (κ1) is 29.0.